The lowest BCUT2D eigenvalue weighted by atomic mass is 10.1. The molecule has 3 rings (SSSR count). The molecule has 0 aliphatic carbocycles. The van der Waals surface area contributed by atoms with E-state index in [2.05, 4.69) is 15.4 Å². The van der Waals surface area contributed by atoms with Crippen LogP contribution in [0.4, 0.5) is 10.5 Å². The molecule has 182 valence electrons. The fraction of sp³-hybridized carbons (Fsp3) is 0.423. The molecule has 1 saturated heterocycles. The summed E-state index contributed by atoms with van der Waals surface area (Å²) < 4.78 is 10.7. The highest BCUT2D eigenvalue weighted by molar-refractivity contribution is 5.99. The predicted octanol–water partition coefficient (Wildman–Crippen LogP) is 3.93. The Kier molecular flexibility index (Phi) is 8.65. The average Bonchev–Trinajstić information content (AvgIpc) is 2.82. The highest BCUT2D eigenvalue weighted by Crippen LogP contribution is 2.17. The van der Waals surface area contributed by atoms with Crippen molar-refractivity contribution in [3.8, 4) is 0 Å². The number of benzene rings is 2. The molecule has 1 fully saturated rings. The van der Waals surface area contributed by atoms with Crippen LogP contribution in [0.3, 0.4) is 0 Å². The lowest BCUT2D eigenvalue weighted by Crippen LogP contribution is -2.45. The van der Waals surface area contributed by atoms with Crippen molar-refractivity contribution in [2.75, 3.05) is 31.2 Å². The Balaban J connectivity index is 1.66. The highest BCUT2D eigenvalue weighted by Gasteiger charge is 2.26. The minimum Gasteiger partial charge on any atom is -0.444 e. The lowest BCUT2D eigenvalue weighted by molar-refractivity contribution is -0.146. The summed E-state index contributed by atoms with van der Waals surface area (Å²) in [5.41, 5.74) is 2.69. The number of alkyl carbamates (subject to hydrolysis) is 1. The maximum atomic E-state index is 12.8. The van der Waals surface area contributed by atoms with Crippen LogP contribution in [0.1, 0.15) is 38.8 Å². The molecule has 1 aliphatic heterocycles. The third-order valence-electron chi connectivity index (χ3n) is 5.19. The fourth-order valence-corrected chi connectivity index (χ4v) is 3.46. The standard InChI is InChI=1S/C26H33N3O5/c1-19(21-10-12-22(13-11-21)29-14-16-32-17-15-29)28-34-24(30)23(18-20-8-6-5-7-9-20)27-25(31)33-26(2,3)4/h5-13,23H,14-18H2,1-4H3,(H,27,31)/b28-19+/t23-/m0/s1. The first-order valence-corrected chi connectivity index (χ1v) is 11.4. The molecule has 0 unspecified atom stereocenters. The molecule has 1 N–H and O–H groups in total. The molecule has 8 nitrogen and oxygen atoms in total. The largest absolute Gasteiger partial charge is 0.444 e. The van der Waals surface area contributed by atoms with E-state index >= 15 is 0 Å². The van der Waals surface area contributed by atoms with E-state index in [1.165, 1.54) is 0 Å². The summed E-state index contributed by atoms with van der Waals surface area (Å²) in [4.78, 5) is 32.6. The summed E-state index contributed by atoms with van der Waals surface area (Å²) in [5.74, 6) is -0.668. The van der Waals surface area contributed by atoms with Gasteiger partial charge in [0.2, 0.25) is 0 Å². The number of hydrogen-bond donors (Lipinski definition) is 1. The lowest BCUT2D eigenvalue weighted by Gasteiger charge is -2.28. The SMILES string of the molecule is C/C(=N\OC(=O)[C@H](Cc1ccccc1)NC(=O)OC(C)(C)C)c1ccc(N2CCOCC2)cc1. The van der Waals surface area contributed by atoms with Gasteiger partial charge in [0, 0.05) is 25.2 Å². The average molecular weight is 468 g/mol. The Morgan fingerprint density at radius 2 is 1.71 bits per heavy atom. The van der Waals surface area contributed by atoms with E-state index in [-0.39, 0.29) is 6.42 Å². The van der Waals surface area contributed by atoms with E-state index in [9.17, 15) is 9.59 Å². The van der Waals surface area contributed by atoms with Crippen molar-refractivity contribution in [2.24, 2.45) is 5.16 Å². The van der Waals surface area contributed by atoms with E-state index in [4.69, 9.17) is 14.3 Å². The Bertz CT molecular complexity index is 978. The first kappa shape index (κ1) is 25.2. The highest BCUT2D eigenvalue weighted by atomic mass is 16.7. The van der Waals surface area contributed by atoms with E-state index in [1.54, 1.807) is 27.7 Å². The van der Waals surface area contributed by atoms with Crippen molar-refractivity contribution in [1.29, 1.82) is 0 Å². The van der Waals surface area contributed by atoms with Crippen LogP contribution in [0.25, 0.3) is 0 Å². The molecule has 1 amide bonds. The van der Waals surface area contributed by atoms with Gasteiger partial charge in [0.15, 0.2) is 0 Å². The van der Waals surface area contributed by atoms with Gasteiger partial charge < -0.3 is 24.5 Å². The maximum Gasteiger partial charge on any atom is 0.408 e. The second-order valence-electron chi connectivity index (χ2n) is 9.12. The molecule has 1 heterocycles. The summed E-state index contributed by atoms with van der Waals surface area (Å²) >= 11 is 0. The zero-order valence-electron chi connectivity index (χ0n) is 20.2. The Morgan fingerprint density at radius 3 is 2.32 bits per heavy atom. The fourth-order valence-electron chi connectivity index (χ4n) is 3.46. The van der Waals surface area contributed by atoms with Crippen LogP contribution < -0.4 is 10.2 Å². The minimum absolute atomic E-state index is 0.252. The summed E-state index contributed by atoms with van der Waals surface area (Å²) in [6.07, 6.45) is -0.438. The molecule has 1 aliphatic rings. The third-order valence-corrected chi connectivity index (χ3v) is 5.19. The topological polar surface area (TPSA) is 89.5 Å². The molecule has 0 radical (unpaired) electrons. The van der Waals surface area contributed by atoms with Crippen molar-refractivity contribution in [2.45, 2.75) is 45.8 Å². The molecule has 0 aromatic heterocycles. The molecule has 34 heavy (non-hydrogen) atoms. The minimum atomic E-state index is -0.947. The van der Waals surface area contributed by atoms with Gasteiger partial charge in [-0.05, 0) is 51.0 Å². The number of oxime groups is 1. The predicted molar refractivity (Wildman–Crippen MR) is 131 cm³/mol. The second-order valence-corrected chi connectivity index (χ2v) is 9.12. The third kappa shape index (κ3) is 7.88. The normalized spacial score (nSPS) is 15.4. The second kappa shape index (κ2) is 11.7. The molecular weight excluding hydrogens is 434 g/mol. The molecule has 8 heteroatoms. The Hall–Kier alpha value is -3.39. The van der Waals surface area contributed by atoms with E-state index in [0.29, 0.717) is 5.71 Å². The Labute approximate surface area is 200 Å². The quantitative estimate of drug-likeness (QED) is 0.377. The van der Waals surface area contributed by atoms with E-state index in [0.717, 1.165) is 43.1 Å². The number of rotatable bonds is 7. The van der Waals surface area contributed by atoms with Gasteiger partial charge in [0.25, 0.3) is 0 Å². The zero-order valence-corrected chi connectivity index (χ0v) is 20.2. The van der Waals surface area contributed by atoms with Crippen molar-refractivity contribution in [3.05, 3.63) is 65.7 Å². The van der Waals surface area contributed by atoms with Crippen LogP contribution in [-0.4, -0.2) is 55.7 Å². The van der Waals surface area contributed by atoms with Gasteiger partial charge in [0.1, 0.15) is 11.6 Å². The van der Waals surface area contributed by atoms with Gasteiger partial charge in [-0.15, -0.1) is 0 Å². The molecule has 0 saturated carbocycles. The van der Waals surface area contributed by atoms with Crippen LogP contribution in [0.5, 0.6) is 0 Å². The van der Waals surface area contributed by atoms with Gasteiger partial charge >= 0.3 is 12.1 Å². The first-order valence-electron chi connectivity index (χ1n) is 11.4. The number of hydrogen-bond acceptors (Lipinski definition) is 7. The monoisotopic (exact) mass is 467 g/mol. The van der Waals surface area contributed by atoms with Crippen molar-refractivity contribution < 1.29 is 23.9 Å². The molecule has 2 aromatic rings. The van der Waals surface area contributed by atoms with Crippen molar-refractivity contribution >= 4 is 23.5 Å². The Morgan fingerprint density at radius 1 is 1.06 bits per heavy atom. The smallest absolute Gasteiger partial charge is 0.408 e. The number of anilines is 1. The van der Waals surface area contributed by atoms with Crippen LogP contribution in [-0.2, 0) is 25.5 Å². The number of morpholine rings is 1. The molecule has 2 aromatic carbocycles. The number of nitrogens with zero attached hydrogens (tertiary/aromatic N) is 2. The van der Waals surface area contributed by atoms with Crippen LogP contribution in [0.2, 0.25) is 0 Å². The van der Waals surface area contributed by atoms with E-state index < -0.39 is 23.7 Å². The molecule has 0 bridgehead atoms. The number of amides is 1. The van der Waals surface area contributed by atoms with Gasteiger partial charge in [-0.25, -0.2) is 9.59 Å². The summed E-state index contributed by atoms with van der Waals surface area (Å²) in [7, 11) is 0. The van der Waals surface area contributed by atoms with Crippen LogP contribution >= 0.6 is 0 Å². The van der Waals surface area contributed by atoms with Gasteiger partial charge in [-0.2, -0.15) is 0 Å². The number of nitrogens with one attached hydrogen (secondary N) is 1. The van der Waals surface area contributed by atoms with Gasteiger partial charge in [0.05, 0.1) is 18.9 Å². The van der Waals surface area contributed by atoms with Gasteiger partial charge in [-0.3, -0.25) is 0 Å². The summed E-state index contributed by atoms with van der Waals surface area (Å²) in [6.45, 7) is 10.2. The summed E-state index contributed by atoms with van der Waals surface area (Å²) in [5, 5.41) is 6.63. The first-order chi connectivity index (χ1) is 16.2. The van der Waals surface area contributed by atoms with Crippen LogP contribution in [0.15, 0.2) is 59.8 Å². The van der Waals surface area contributed by atoms with Gasteiger partial charge in [-0.1, -0.05) is 47.6 Å². The van der Waals surface area contributed by atoms with Crippen LogP contribution in [0, 0.1) is 0 Å². The van der Waals surface area contributed by atoms with Crippen molar-refractivity contribution in [1.82, 2.24) is 5.32 Å². The molecular formula is C26H33N3O5. The summed E-state index contributed by atoms with van der Waals surface area (Å²) in [6, 6.07) is 16.3. The number of carbonyl (C=O) groups excluding carboxylic acids is 2. The number of carbonyl (C=O) groups is 2. The molecule has 1 atom stereocenters. The van der Waals surface area contributed by atoms with Crippen molar-refractivity contribution in [3.63, 3.8) is 0 Å². The maximum absolute atomic E-state index is 12.8. The zero-order chi connectivity index (χ0) is 24.6. The molecule has 0 spiro atoms. The van der Waals surface area contributed by atoms with E-state index in [1.807, 2.05) is 54.6 Å². The number of ether oxygens (including phenoxy) is 2.